The van der Waals surface area contributed by atoms with E-state index in [0.717, 1.165) is 19.4 Å². The smallest absolute Gasteiger partial charge is 0.240 e. The molecule has 1 aliphatic carbocycles. The zero-order valence-electron chi connectivity index (χ0n) is 11.2. The average Bonchev–Trinajstić information content (AvgIpc) is 2.83. The lowest BCUT2D eigenvalue weighted by Gasteiger charge is -2.30. The maximum atomic E-state index is 12.3. The zero-order valence-corrected chi connectivity index (χ0v) is 11.2. The Kier molecular flexibility index (Phi) is 3.53. The van der Waals surface area contributed by atoms with Crippen molar-refractivity contribution < 1.29 is 9.53 Å². The Bertz CT molecular complexity index is 475. The summed E-state index contributed by atoms with van der Waals surface area (Å²) in [4.78, 5) is 12.3. The molecule has 0 spiro atoms. The van der Waals surface area contributed by atoms with Crippen molar-refractivity contribution >= 4 is 5.91 Å². The minimum Gasteiger partial charge on any atom is -0.375 e. The van der Waals surface area contributed by atoms with Crippen LogP contribution in [0, 0.1) is 0 Å². The molecule has 1 aliphatic heterocycles. The van der Waals surface area contributed by atoms with Gasteiger partial charge in [0.25, 0.3) is 0 Å². The Labute approximate surface area is 113 Å². The van der Waals surface area contributed by atoms with Gasteiger partial charge in [0.2, 0.25) is 5.91 Å². The predicted octanol–water partition coefficient (Wildman–Crippen LogP) is 1.17. The molecule has 2 N–H and O–H groups in total. The average molecular weight is 260 g/mol. The van der Waals surface area contributed by atoms with E-state index in [1.807, 2.05) is 13.0 Å². The van der Waals surface area contributed by atoms with E-state index in [1.54, 1.807) is 0 Å². The fourth-order valence-electron chi connectivity index (χ4n) is 3.00. The summed E-state index contributed by atoms with van der Waals surface area (Å²) in [5.41, 5.74) is 2.62. The number of carbonyl (C=O) groups is 1. The third-order valence-corrected chi connectivity index (χ3v) is 4.05. The molecule has 0 aromatic heterocycles. The normalized spacial score (nSPS) is 29.8. The molecular weight excluding hydrogens is 240 g/mol. The van der Waals surface area contributed by atoms with Crippen LogP contribution in [-0.2, 0) is 16.0 Å². The molecule has 4 heteroatoms. The molecule has 1 amide bonds. The first-order chi connectivity index (χ1) is 9.25. The summed E-state index contributed by atoms with van der Waals surface area (Å²) < 4.78 is 5.52. The molecule has 2 aliphatic rings. The minimum absolute atomic E-state index is 0.0499. The third kappa shape index (κ3) is 2.51. The predicted molar refractivity (Wildman–Crippen MR) is 72.9 cm³/mol. The second kappa shape index (κ2) is 5.31. The van der Waals surface area contributed by atoms with E-state index in [4.69, 9.17) is 4.74 Å². The van der Waals surface area contributed by atoms with E-state index < -0.39 is 0 Å². The van der Waals surface area contributed by atoms with Gasteiger partial charge in [-0.1, -0.05) is 24.3 Å². The highest BCUT2D eigenvalue weighted by Crippen LogP contribution is 2.30. The summed E-state index contributed by atoms with van der Waals surface area (Å²) in [6.45, 7) is 3.36. The van der Waals surface area contributed by atoms with Crippen LogP contribution >= 0.6 is 0 Å². The molecule has 4 nitrogen and oxygen atoms in total. The first-order valence-electron chi connectivity index (χ1n) is 6.99. The van der Waals surface area contributed by atoms with Gasteiger partial charge >= 0.3 is 0 Å². The second-order valence-corrected chi connectivity index (χ2v) is 5.31. The quantitative estimate of drug-likeness (QED) is 0.839. The maximum Gasteiger partial charge on any atom is 0.240 e. The summed E-state index contributed by atoms with van der Waals surface area (Å²) in [5.74, 6) is 0.0499. The van der Waals surface area contributed by atoms with Crippen LogP contribution < -0.4 is 10.6 Å². The molecule has 3 atom stereocenters. The van der Waals surface area contributed by atoms with Gasteiger partial charge in [-0.15, -0.1) is 0 Å². The summed E-state index contributed by atoms with van der Waals surface area (Å²) in [6.07, 6.45) is 1.98. The maximum absolute atomic E-state index is 12.3. The lowest BCUT2D eigenvalue weighted by molar-refractivity contribution is -0.129. The molecule has 1 unspecified atom stereocenters. The largest absolute Gasteiger partial charge is 0.375 e. The van der Waals surface area contributed by atoms with E-state index in [1.165, 1.54) is 11.1 Å². The van der Waals surface area contributed by atoms with Gasteiger partial charge < -0.3 is 15.4 Å². The third-order valence-electron chi connectivity index (χ3n) is 4.05. The molecule has 1 aromatic rings. The van der Waals surface area contributed by atoms with Gasteiger partial charge in [-0.3, -0.25) is 4.79 Å². The van der Waals surface area contributed by atoms with Crippen LogP contribution in [0.15, 0.2) is 24.3 Å². The standard InChI is InChI=1S/C15H20N2O2/c1-10-14(16-8-9-19-10)15(18)17-13-7-6-11-4-2-3-5-12(11)13/h2-5,10,13-14,16H,6-9H2,1H3,(H,17,18)/t10-,13?,14+/m1/s1. The number of amides is 1. The molecule has 0 radical (unpaired) electrons. The number of carbonyl (C=O) groups excluding carboxylic acids is 1. The van der Waals surface area contributed by atoms with Crippen LogP contribution in [0.25, 0.3) is 0 Å². The molecule has 0 bridgehead atoms. The van der Waals surface area contributed by atoms with E-state index in [0.29, 0.717) is 6.61 Å². The van der Waals surface area contributed by atoms with Gasteiger partial charge in [0.05, 0.1) is 18.8 Å². The highest BCUT2D eigenvalue weighted by molar-refractivity contribution is 5.83. The molecule has 1 aromatic carbocycles. The van der Waals surface area contributed by atoms with Crippen molar-refractivity contribution in [2.45, 2.75) is 38.0 Å². The molecule has 102 valence electrons. The summed E-state index contributed by atoms with van der Waals surface area (Å²) in [6, 6.07) is 8.27. The molecule has 3 rings (SSSR count). The fraction of sp³-hybridized carbons (Fsp3) is 0.533. The second-order valence-electron chi connectivity index (χ2n) is 5.31. The van der Waals surface area contributed by atoms with Crippen molar-refractivity contribution in [3.63, 3.8) is 0 Å². The molecule has 19 heavy (non-hydrogen) atoms. The van der Waals surface area contributed by atoms with E-state index in [9.17, 15) is 4.79 Å². The van der Waals surface area contributed by atoms with Crippen molar-refractivity contribution in [2.75, 3.05) is 13.2 Å². The number of ether oxygens (including phenoxy) is 1. The Morgan fingerprint density at radius 3 is 3.11 bits per heavy atom. The number of hydrogen-bond acceptors (Lipinski definition) is 3. The minimum atomic E-state index is -0.235. The number of hydrogen-bond donors (Lipinski definition) is 2. The van der Waals surface area contributed by atoms with Crippen LogP contribution in [0.5, 0.6) is 0 Å². The van der Waals surface area contributed by atoms with E-state index in [-0.39, 0.29) is 24.1 Å². The van der Waals surface area contributed by atoms with Crippen LogP contribution in [0.4, 0.5) is 0 Å². The highest BCUT2D eigenvalue weighted by Gasteiger charge is 2.31. The monoisotopic (exact) mass is 260 g/mol. The molecular formula is C15H20N2O2. The molecule has 0 saturated carbocycles. The van der Waals surface area contributed by atoms with Crippen LogP contribution in [0.2, 0.25) is 0 Å². The van der Waals surface area contributed by atoms with Crippen molar-refractivity contribution in [1.82, 2.24) is 10.6 Å². The van der Waals surface area contributed by atoms with Crippen molar-refractivity contribution in [2.24, 2.45) is 0 Å². The topological polar surface area (TPSA) is 50.4 Å². The first kappa shape index (κ1) is 12.6. The first-order valence-corrected chi connectivity index (χ1v) is 6.99. The van der Waals surface area contributed by atoms with Crippen molar-refractivity contribution in [3.8, 4) is 0 Å². The SMILES string of the molecule is C[C@H]1OCCN[C@@H]1C(=O)NC1CCc2ccccc21. The van der Waals surface area contributed by atoms with Gasteiger partial charge in [-0.2, -0.15) is 0 Å². The number of benzene rings is 1. The number of aryl methyl sites for hydroxylation is 1. The number of nitrogens with one attached hydrogen (secondary N) is 2. The van der Waals surface area contributed by atoms with Gasteiger partial charge in [0.15, 0.2) is 0 Å². The van der Waals surface area contributed by atoms with Gasteiger partial charge in [0.1, 0.15) is 6.04 Å². The number of fused-ring (bicyclic) bond motifs is 1. The summed E-state index contributed by atoms with van der Waals surface area (Å²) in [5, 5.41) is 6.38. The fourth-order valence-corrected chi connectivity index (χ4v) is 3.00. The lowest BCUT2D eigenvalue weighted by atomic mass is 10.1. The lowest BCUT2D eigenvalue weighted by Crippen LogP contribution is -2.55. The molecule has 1 saturated heterocycles. The van der Waals surface area contributed by atoms with Gasteiger partial charge in [-0.25, -0.2) is 0 Å². The highest BCUT2D eigenvalue weighted by atomic mass is 16.5. The summed E-state index contributed by atoms with van der Waals surface area (Å²) >= 11 is 0. The Morgan fingerprint density at radius 2 is 2.26 bits per heavy atom. The van der Waals surface area contributed by atoms with Crippen LogP contribution in [0.1, 0.15) is 30.5 Å². The molecule has 1 heterocycles. The van der Waals surface area contributed by atoms with E-state index in [2.05, 4.69) is 28.8 Å². The zero-order chi connectivity index (χ0) is 13.2. The van der Waals surface area contributed by atoms with Crippen LogP contribution in [-0.4, -0.2) is 31.2 Å². The van der Waals surface area contributed by atoms with Crippen LogP contribution in [0.3, 0.4) is 0 Å². The molecule has 1 fully saturated rings. The van der Waals surface area contributed by atoms with Gasteiger partial charge in [0, 0.05) is 6.54 Å². The van der Waals surface area contributed by atoms with Crippen molar-refractivity contribution in [1.29, 1.82) is 0 Å². The van der Waals surface area contributed by atoms with Gasteiger partial charge in [-0.05, 0) is 30.9 Å². The Hall–Kier alpha value is -1.39. The number of morpholine rings is 1. The van der Waals surface area contributed by atoms with E-state index >= 15 is 0 Å². The Balaban J connectivity index is 1.67. The van der Waals surface area contributed by atoms with Crippen molar-refractivity contribution in [3.05, 3.63) is 35.4 Å². The Morgan fingerprint density at radius 1 is 1.42 bits per heavy atom. The summed E-state index contributed by atoms with van der Waals surface area (Å²) in [7, 11) is 0. The number of rotatable bonds is 2.